The molecule has 2 aliphatic rings. The lowest BCUT2D eigenvalue weighted by Crippen LogP contribution is -2.56. The van der Waals surface area contributed by atoms with Crippen LogP contribution in [0, 0.1) is 5.82 Å². The van der Waals surface area contributed by atoms with Crippen LogP contribution in [0.2, 0.25) is 0 Å². The Morgan fingerprint density at radius 2 is 1.72 bits per heavy atom. The molecular formula is C25H21FN2O3S. The molecule has 1 fully saturated rings. The van der Waals surface area contributed by atoms with E-state index in [2.05, 4.69) is 0 Å². The monoisotopic (exact) mass is 448 g/mol. The molecule has 5 rings (SSSR count). The van der Waals surface area contributed by atoms with Crippen LogP contribution in [0.3, 0.4) is 0 Å². The first-order valence-corrected chi connectivity index (χ1v) is 11.3. The molecule has 3 aromatic rings. The number of nitrogens with zero attached hydrogens (tertiary/aromatic N) is 2. The van der Waals surface area contributed by atoms with E-state index in [4.69, 9.17) is 4.74 Å². The van der Waals surface area contributed by atoms with Gasteiger partial charge in [0.1, 0.15) is 11.6 Å². The maximum Gasteiger partial charge on any atom is 0.269 e. The Morgan fingerprint density at radius 1 is 1.00 bits per heavy atom. The second-order valence-corrected chi connectivity index (χ2v) is 8.99. The van der Waals surface area contributed by atoms with Gasteiger partial charge in [-0.25, -0.2) is 4.39 Å². The Bertz CT molecular complexity index is 1180. The van der Waals surface area contributed by atoms with Gasteiger partial charge < -0.3 is 9.64 Å². The standard InChI is InChI=1S/C25H21FN2O3S/c1-31-20-12-10-19(11-13-20)28-23(29)14-15-32-25(28)21-4-2-3-5-22(21)27(24(25)30)16-17-6-8-18(26)9-7-17/h2-13H,14-16H2,1H3. The Balaban J connectivity index is 1.63. The van der Waals surface area contributed by atoms with Crippen molar-refractivity contribution in [3.8, 4) is 5.75 Å². The summed E-state index contributed by atoms with van der Waals surface area (Å²) >= 11 is 1.48. The molecule has 2 amide bonds. The fraction of sp³-hybridized carbons (Fsp3) is 0.200. The lowest BCUT2D eigenvalue weighted by Gasteiger charge is -2.42. The Morgan fingerprint density at radius 3 is 2.44 bits per heavy atom. The smallest absolute Gasteiger partial charge is 0.269 e. The third kappa shape index (κ3) is 3.15. The molecule has 0 aromatic heterocycles. The van der Waals surface area contributed by atoms with Crippen molar-refractivity contribution in [3.05, 3.63) is 89.7 Å². The summed E-state index contributed by atoms with van der Waals surface area (Å²) < 4.78 is 18.7. The maximum atomic E-state index is 14.1. The van der Waals surface area contributed by atoms with Crippen molar-refractivity contribution >= 4 is 35.0 Å². The number of benzene rings is 3. The minimum absolute atomic E-state index is 0.0966. The summed E-state index contributed by atoms with van der Waals surface area (Å²) in [6.07, 6.45) is 0.353. The van der Waals surface area contributed by atoms with Gasteiger partial charge in [-0.05, 0) is 48.0 Å². The molecule has 1 spiro atoms. The molecule has 32 heavy (non-hydrogen) atoms. The lowest BCUT2D eigenvalue weighted by molar-refractivity contribution is -0.125. The number of halogens is 1. The van der Waals surface area contributed by atoms with Gasteiger partial charge >= 0.3 is 0 Å². The summed E-state index contributed by atoms with van der Waals surface area (Å²) in [5.41, 5.74) is 3.02. The molecule has 0 aliphatic carbocycles. The highest BCUT2D eigenvalue weighted by molar-refractivity contribution is 8.01. The van der Waals surface area contributed by atoms with Gasteiger partial charge in [-0.1, -0.05) is 30.3 Å². The van der Waals surface area contributed by atoms with Crippen LogP contribution in [0.4, 0.5) is 15.8 Å². The number of thioether (sulfide) groups is 1. The maximum absolute atomic E-state index is 14.1. The minimum atomic E-state index is -1.18. The van der Waals surface area contributed by atoms with Crippen LogP contribution in [-0.4, -0.2) is 24.7 Å². The highest BCUT2D eigenvalue weighted by atomic mass is 32.2. The first kappa shape index (κ1) is 20.6. The molecule has 1 atom stereocenters. The summed E-state index contributed by atoms with van der Waals surface area (Å²) in [7, 11) is 1.59. The van der Waals surface area contributed by atoms with Crippen molar-refractivity contribution in [1.82, 2.24) is 0 Å². The molecule has 0 N–H and O–H groups in total. The minimum Gasteiger partial charge on any atom is -0.497 e. The number of fused-ring (bicyclic) bond motifs is 2. The largest absolute Gasteiger partial charge is 0.497 e. The van der Waals surface area contributed by atoms with Gasteiger partial charge in [0.15, 0.2) is 0 Å². The molecule has 1 unspecified atom stereocenters. The molecule has 0 bridgehead atoms. The molecule has 162 valence electrons. The Kier molecular flexibility index (Phi) is 5.13. The fourth-order valence-corrected chi connectivity index (χ4v) is 5.85. The average molecular weight is 449 g/mol. The van der Waals surface area contributed by atoms with Crippen LogP contribution in [0.15, 0.2) is 72.8 Å². The van der Waals surface area contributed by atoms with Crippen molar-refractivity contribution in [2.45, 2.75) is 17.8 Å². The number of methoxy groups -OCH3 is 1. The third-order valence-corrected chi connectivity index (χ3v) is 7.27. The molecule has 1 saturated heterocycles. The molecule has 7 heteroatoms. The zero-order chi connectivity index (χ0) is 22.3. The molecule has 0 radical (unpaired) electrons. The van der Waals surface area contributed by atoms with Crippen LogP contribution in [-0.2, 0) is 21.0 Å². The van der Waals surface area contributed by atoms with Crippen molar-refractivity contribution in [1.29, 1.82) is 0 Å². The normalized spacial score (nSPS) is 20.1. The fourth-order valence-electron chi connectivity index (χ4n) is 4.38. The van der Waals surface area contributed by atoms with Gasteiger partial charge in [0.05, 0.1) is 19.3 Å². The summed E-state index contributed by atoms with van der Waals surface area (Å²) in [6.45, 7) is 0.295. The van der Waals surface area contributed by atoms with E-state index >= 15 is 0 Å². The number of amides is 2. The zero-order valence-electron chi connectivity index (χ0n) is 17.5. The highest BCUT2D eigenvalue weighted by Crippen LogP contribution is 2.55. The summed E-state index contributed by atoms with van der Waals surface area (Å²) in [4.78, 5) is 29.5. The van der Waals surface area contributed by atoms with Crippen LogP contribution < -0.4 is 14.5 Å². The van der Waals surface area contributed by atoms with E-state index in [-0.39, 0.29) is 17.6 Å². The molecule has 2 heterocycles. The number of para-hydroxylation sites is 1. The number of anilines is 2. The van der Waals surface area contributed by atoms with Gasteiger partial charge in [-0.2, -0.15) is 0 Å². The van der Waals surface area contributed by atoms with Gasteiger partial charge in [-0.15, -0.1) is 11.8 Å². The number of hydrogen-bond donors (Lipinski definition) is 0. The molecule has 3 aromatic carbocycles. The number of ether oxygens (including phenoxy) is 1. The highest BCUT2D eigenvalue weighted by Gasteiger charge is 2.58. The van der Waals surface area contributed by atoms with Crippen molar-refractivity contribution in [3.63, 3.8) is 0 Å². The van der Waals surface area contributed by atoms with Crippen LogP contribution in [0.25, 0.3) is 0 Å². The second-order valence-electron chi connectivity index (χ2n) is 7.70. The third-order valence-electron chi connectivity index (χ3n) is 5.87. The molecule has 2 aliphatic heterocycles. The number of rotatable bonds is 4. The summed E-state index contributed by atoms with van der Waals surface area (Å²) in [6, 6.07) is 20.9. The molecular weight excluding hydrogens is 427 g/mol. The molecule has 5 nitrogen and oxygen atoms in total. The van der Waals surface area contributed by atoms with Gasteiger partial charge in [0.2, 0.25) is 10.8 Å². The summed E-state index contributed by atoms with van der Waals surface area (Å²) in [5, 5.41) is 0. The number of carbonyl (C=O) groups is 2. The molecule has 0 saturated carbocycles. The number of hydrogen-bond acceptors (Lipinski definition) is 4. The average Bonchev–Trinajstić information content (AvgIpc) is 3.04. The van der Waals surface area contributed by atoms with E-state index in [1.54, 1.807) is 41.2 Å². The van der Waals surface area contributed by atoms with Crippen LogP contribution in [0.5, 0.6) is 5.75 Å². The van der Waals surface area contributed by atoms with Crippen LogP contribution in [0.1, 0.15) is 17.5 Å². The zero-order valence-corrected chi connectivity index (χ0v) is 18.3. The van der Waals surface area contributed by atoms with Crippen molar-refractivity contribution in [2.75, 3.05) is 22.7 Å². The van der Waals surface area contributed by atoms with E-state index in [0.29, 0.717) is 30.2 Å². The first-order chi connectivity index (χ1) is 15.5. The van der Waals surface area contributed by atoms with Gasteiger partial charge in [-0.3, -0.25) is 14.5 Å². The Hall–Kier alpha value is -3.32. The van der Waals surface area contributed by atoms with Crippen molar-refractivity contribution < 1.29 is 18.7 Å². The number of carbonyl (C=O) groups excluding carboxylic acids is 2. The van der Waals surface area contributed by atoms with E-state index in [1.807, 2.05) is 36.4 Å². The van der Waals surface area contributed by atoms with E-state index in [0.717, 1.165) is 16.8 Å². The predicted molar refractivity (Wildman–Crippen MR) is 123 cm³/mol. The topological polar surface area (TPSA) is 49.9 Å². The van der Waals surface area contributed by atoms with Crippen molar-refractivity contribution in [2.24, 2.45) is 0 Å². The van der Waals surface area contributed by atoms with Gasteiger partial charge in [0, 0.05) is 23.4 Å². The lowest BCUT2D eigenvalue weighted by atomic mass is 10.0. The van der Waals surface area contributed by atoms with E-state index in [9.17, 15) is 14.0 Å². The first-order valence-electron chi connectivity index (χ1n) is 10.3. The van der Waals surface area contributed by atoms with Gasteiger partial charge in [0.25, 0.3) is 5.91 Å². The Labute approximate surface area is 189 Å². The predicted octanol–water partition coefficient (Wildman–Crippen LogP) is 4.70. The summed E-state index contributed by atoms with van der Waals surface area (Å²) in [5.74, 6) is 0.640. The quantitative estimate of drug-likeness (QED) is 0.580. The van der Waals surface area contributed by atoms with Crippen LogP contribution >= 0.6 is 11.8 Å². The van der Waals surface area contributed by atoms with E-state index in [1.165, 1.54) is 23.9 Å². The SMILES string of the molecule is COc1ccc(N2C(=O)CCSC23C(=O)N(Cc2ccc(F)cc2)c2ccccc23)cc1. The van der Waals surface area contributed by atoms with E-state index < -0.39 is 4.87 Å². The second kappa shape index (κ2) is 7.98.